The molecule has 1 amide bonds. The first-order valence-electron chi connectivity index (χ1n) is 5.68. The molecule has 98 valence electrons. The van der Waals surface area contributed by atoms with Crippen LogP contribution < -0.4 is 0 Å². The number of carbonyl (C=O) groups is 1. The summed E-state index contributed by atoms with van der Waals surface area (Å²) in [6.45, 7) is 0.405. The molecule has 5 heteroatoms. The molecule has 0 aliphatic carbocycles. The SMILES string of the molecule is CN(Cc1ccc(F)cc1)C(=O)c1ccc(Cl)nc1. The average molecular weight is 279 g/mol. The Kier molecular flexibility index (Phi) is 4.12. The summed E-state index contributed by atoms with van der Waals surface area (Å²) in [7, 11) is 1.68. The first kappa shape index (κ1) is 13.5. The molecule has 2 rings (SSSR count). The van der Waals surface area contributed by atoms with Crippen LogP contribution in [0, 0.1) is 5.82 Å². The zero-order valence-corrected chi connectivity index (χ0v) is 11.1. The zero-order valence-electron chi connectivity index (χ0n) is 10.3. The van der Waals surface area contributed by atoms with Gasteiger partial charge in [-0.1, -0.05) is 23.7 Å². The minimum Gasteiger partial charge on any atom is -0.337 e. The summed E-state index contributed by atoms with van der Waals surface area (Å²) in [6.07, 6.45) is 1.44. The summed E-state index contributed by atoms with van der Waals surface area (Å²) >= 11 is 5.67. The Morgan fingerprint density at radius 2 is 1.95 bits per heavy atom. The van der Waals surface area contributed by atoms with Gasteiger partial charge in [0.15, 0.2) is 0 Å². The van der Waals surface area contributed by atoms with E-state index in [-0.39, 0.29) is 11.7 Å². The van der Waals surface area contributed by atoms with E-state index in [1.165, 1.54) is 23.2 Å². The molecular weight excluding hydrogens is 267 g/mol. The van der Waals surface area contributed by atoms with E-state index in [0.717, 1.165) is 5.56 Å². The van der Waals surface area contributed by atoms with Crippen LogP contribution in [0.5, 0.6) is 0 Å². The van der Waals surface area contributed by atoms with E-state index in [0.29, 0.717) is 17.3 Å². The van der Waals surface area contributed by atoms with Crippen molar-refractivity contribution >= 4 is 17.5 Å². The van der Waals surface area contributed by atoms with Crippen molar-refractivity contribution in [3.8, 4) is 0 Å². The number of hydrogen-bond acceptors (Lipinski definition) is 2. The van der Waals surface area contributed by atoms with Crippen LogP contribution in [0.4, 0.5) is 4.39 Å². The van der Waals surface area contributed by atoms with E-state index in [9.17, 15) is 9.18 Å². The van der Waals surface area contributed by atoms with Crippen LogP contribution in [0.2, 0.25) is 5.15 Å². The lowest BCUT2D eigenvalue weighted by Crippen LogP contribution is -2.26. The van der Waals surface area contributed by atoms with Crippen molar-refractivity contribution in [3.63, 3.8) is 0 Å². The Morgan fingerprint density at radius 1 is 1.26 bits per heavy atom. The van der Waals surface area contributed by atoms with Crippen molar-refractivity contribution in [2.24, 2.45) is 0 Å². The van der Waals surface area contributed by atoms with Crippen LogP contribution in [-0.4, -0.2) is 22.8 Å². The zero-order chi connectivity index (χ0) is 13.8. The fraction of sp³-hybridized carbons (Fsp3) is 0.143. The molecule has 0 fully saturated rings. The van der Waals surface area contributed by atoms with Crippen LogP contribution >= 0.6 is 11.6 Å². The predicted molar refractivity (Wildman–Crippen MR) is 71.4 cm³/mol. The molecule has 0 bridgehead atoms. The second-order valence-corrected chi connectivity index (χ2v) is 4.54. The van der Waals surface area contributed by atoms with Crippen molar-refractivity contribution in [1.29, 1.82) is 0 Å². The summed E-state index contributed by atoms with van der Waals surface area (Å²) < 4.78 is 12.8. The molecule has 2 aromatic rings. The number of pyridine rings is 1. The molecule has 0 spiro atoms. The largest absolute Gasteiger partial charge is 0.337 e. The number of nitrogens with zero attached hydrogens (tertiary/aromatic N) is 2. The van der Waals surface area contributed by atoms with Crippen molar-refractivity contribution in [2.75, 3.05) is 7.05 Å². The van der Waals surface area contributed by atoms with Gasteiger partial charge in [-0.3, -0.25) is 4.79 Å². The second-order valence-electron chi connectivity index (χ2n) is 4.16. The number of amides is 1. The van der Waals surface area contributed by atoms with Gasteiger partial charge in [0.05, 0.1) is 5.56 Å². The van der Waals surface area contributed by atoms with E-state index in [4.69, 9.17) is 11.6 Å². The Bertz CT molecular complexity index is 569. The molecule has 0 aliphatic rings. The quantitative estimate of drug-likeness (QED) is 0.808. The van der Waals surface area contributed by atoms with Crippen LogP contribution in [0.1, 0.15) is 15.9 Å². The van der Waals surface area contributed by atoms with Gasteiger partial charge < -0.3 is 4.90 Å². The molecule has 0 atom stereocenters. The van der Waals surface area contributed by atoms with Crippen molar-refractivity contribution in [2.45, 2.75) is 6.54 Å². The standard InChI is InChI=1S/C14H12ClFN2O/c1-18(9-10-2-5-12(16)6-3-10)14(19)11-4-7-13(15)17-8-11/h2-8H,9H2,1H3. The lowest BCUT2D eigenvalue weighted by molar-refractivity contribution is 0.0784. The fourth-order valence-electron chi connectivity index (χ4n) is 1.66. The number of rotatable bonds is 3. The van der Waals surface area contributed by atoms with Gasteiger partial charge in [-0.2, -0.15) is 0 Å². The summed E-state index contributed by atoms with van der Waals surface area (Å²) in [5.74, 6) is -0.451. The number of aromatic nitrogens is 1. The topological polar surface area (TPSA) is 33.2 Å². The van der Waals surface area contributed by atoms with Crippen LogP contribution in [0.25, 0.3) is 0 Å². The first-order valence-corrected chi connectivity index (χ1v) is 6.05. The molecule has 0 saturated heterocycles. The van der Waals surface area contributed by atoms with E-state index in [1.54, 1.807) is 31.3 Å². The Balaban J connectivity index is 2.07. The molecule has 1 heterocycles. The van der Waals surface area contributed by atoms with Gasteiger partial charge in [0, 0.05) is 19.8 Å². The maximum absolute atomic E-state index is 12.8. The molecule has 0 saturated carbocycles. The van der Waals surface area contributed by atoms with Crippen LogP contribution in [0.3, 0.4) is 0 Å². The molecule has 3 nitrogen and oxygen atoms in total. The molecule has 0 aliphatic heterocycles. The van der Waals surface area contributed by atoms with Crippen molar-refractivity contribution in [1.82, 2.24) is 9.88 Å². The smallest absolute Gasteiger partial charge is 0.255 e. The summed E-state index contributed by atoms with van der Waals surface area (Å²) in [5.41, 5.74) is 1.33. The fourth-order valence-corrected chi connectivity index (χ4v) is 1.77. The predicted octanol–water partition coefficient (Wildman–Crippen LogP) is 3.15. The monoisotopic (exact) mass is 278 g/mol. The number of benzene rings is 1. The van der Waals surface area contributed by atoms with Gasteiger partial charge >= 0.3 is 0 Å². The number of carbonyl (C=O) groups excluding carboxylic acids is 1. The van der Waals surface area contributed by atoms with E-state index >= 15 is 0 Å². The highest BCUT2D eigenvalue weighted by Crippen LogP contribution is 2.10. The molecule has 1 aromatic heterocycles. The lowest BCUT2D eigenvalue weighted by Gasteiger charge is -2.17. The van der Waals surface area contributed by atoms with Gasteiger partial charge in [0.1, 0.15) is 11.0 Å². The third kappa shape index (κ3) is 3.51. The number of hydrogen-bond donors (Lipinski definition) is 0. The maximum Gasteiger partial charge on any atom is 0.255 e. The second kappa shape index (κ2) is 5.80. The first-order chi connectivity index (χ1) is 9.06. The highest BCUT2D eigenvalue weighted by Gasteiger charge is 2.12. The molecule has 0 N–H and O–H groups in total. The summed E-state index contributed by atoms with van der Waals surface area (Å²) in [5, 5.41) is 0.345. The lowest BCUT2D eigenvalue weighted by atomic mass is 10.2. The van der Waals surface area contributed by atoms with Crippen molar-refractivity contribution in [3.05, 3.63) is 64.7 Å². The van der Waals surface area contributed by atoms with Gasteiger partial charge in [-0.25, -0.2) is 9.37 Å². The van der Waals surface area contributed by atoms with Gasteiger partial charge in [-0.15, -0.1) is 0 Å². The molecule has 0 unspecified atom stereocenters. The highest BCUT2D eigenvalue weighted by molar-refractivity contribution is 6.29. The Morgan fingerprint density at radius 3 is 2.53 bits per heavy atom. The molecular formula is C14H12ClFN2O. The van der Waals surface area contributed by atoms with Crippen molar-refractivity contribution < 1.29 is 9.18 Å². The average Bonchev–Trinajstić information content (AvgIpc) is 2.41. The van der Waals surface area contributed by atoms with Gasteiger partial charge in [0.25, 0.3) is 5.91 Å². The highest BCUT2D eigenvalue weighted by atomic mass is 35.5. The van der Waals surface area contributed by atoms with E-state index in [2.05, 4.69) is 4.98 Å². The number of halogens is 2. The molecule has 1 aromatic carbocycles. The normalized spacial score (nSPS) is 10.3. The minimum atomic E-state index is -0.292. The van der Waals surface area contributed by atoms with E-state index < -0.39 is 0 Å². The van der Waals surface area contributed by atoms with Crippen LogP contribution in [0.15, 0.2) is 42.6 Å². The Hall–Kier alpha value is -1.94. The minimum absolute atomic E-state index is 0.159. The van der Waals surface area contributed by atoms with Gasteiger partial charge in [0.2, 0.25) is 0 Å². The summed E-state index contributed by atoms with van der Waals surface area (Å²) in [6, 6.07) is 9.24. The van der Waals surface area contributed by atoms with Crippen LogP contribution in [-0.2, 0) is 6.54 Å². The third-order valence-corrected chi connectivity index (χ3v) is 2.88. The summed E-state index contributed by atoms with van der Waals surface area (Å²) in [4.78, 5) is 17.5. The van der Waals surface area contributed by atoms with E-state index in [1.807, 2.05) is 0 Å². The Labute approximate surface area is 115 Å². The third-order valence-electron chi connectivity index (χ3n) is 2.65. The maximum atomic E-state index is 12.8. The molecule has 0 radical (unpaired) electrons. The van der Waals surface area contributed by atoms with Gasteiger partial charge in [-0.05, 0) is 29.8 Å². The molecule has 19 heavy (non-hydrogen) atoms.